The van der Waals surface area contributed by atoms with Crippen molar-refractivity contribution in [1.29, 1.82) is 0 Å². The van der Waals surface area contributed by atoms with Crippen LogP contribution in [0, 0.1) is 0 Å². The molecule has 8 nitrogen and oxygen atoms in total. The molecule has 0 bridgehead atoms. The van der Waals surface area contributed by atoms with Crippen molar-refractivity contribution in [3.63, 3.8) is 0 Å². The second-order valence-corrected chi connectivity index (χ2v) is 8.89. The van der Waals surface area contributed by atoms with Gasteiger partial charge in [0.15, 0.2) is 0 Å². The van der Waals surface area contributed by atoms with Crippen LogP contribution < -0.4 is 14.4 Å². The molecule has 1 atom stereocenters. The van der Waals surface area contributed by atoms with E-state index in [4.69, 9.17) is 4.74 Å². The Morgan fingerprint density at radius 3 is 2.23 bits per heavy atom. The van der Waals surface area contributed by atoms with Gasteiger partial charge in [0.2, 0.25) is 21.8 Å². The van der Waals surface area contributed by atoms with E-state index >= 15 is 0 Å². The summed E-state index contributed by atoms with van der Waals surface area (Å²) in [6.07, 6.45) is 1.41. The topological polar surface area (TPSA) is 96.0 Å². The molecule has 0 aliphatic heterocycles. The van der Waals surface area contributed by atoms with Crippen LogP contribution in [0.2, 0.25) is 0 Å². The van der Waals surface area contributed by atoms with Crippen LogP contribution in [-0.4, -0.2) is 58.1 Å². The lowest BCUT2D eigenvalue weighted by atomic mass is 10.1. The number of nitrogens with one attached hydrogen (secondary N) is 1. The number of sulfonamides is 1. The maximum atomic E-state index is 13.4. The largest absolute Gasteiger partial charge is 0.495 e. The molecule has 0 unspecified atom stereocenters. The number of likely N-dealkylation sites (N-methyl/N-ethyl adjacent to an activating group) is 1. The van der Waals surface area contributed by atoms with Crippen molar-refractivity contribution in [3.8, 4) is 5.75 Å². The molecule has 9 heteroatoms. The third-order valence-electron chi connectivity index (χ3n) is 4.86. The first-order valence-corrected chi connectivity index (χ1v) is 11.7. The average molecular weight is 448 g/mol. The van der Waals surface area contributed by atoms with E-state index in [1.807, 2.05) is 30.3 Å². The molecule has 0 aromatic heterocycles. The number of anilines is 1. The van der Waals surface area contributed by atoms with Gasteiger partial charge in [-0.3, -0.25) is 13.9 Å². The van der Waals surface area contributed by atoms with Crippen molar-refractivity contribution in [3.05, 3.63) is 60.2 Å². The van der Waals surface area contributed by atoms with Crippen molar-refractivity contribution < 1.29 is 22.7 Å². The Hall–Kier alpha value is -3.07. The molecule has 2 rings (SSSR count). The number of methoxy groups -OCH3 is 1. The van der Waals surface area contributed by atoms with E-state index in [0.29, 0.717) is 12.2 Å². The number of benzene rings is 2. The SMILES string of the molecule is CC[C@@H](C(=O)NC)N(Cc1ccccc1)C(=O)CN(c1ccccc1OC)S(C)(=O)=O. The zero-order valence-corrected chi connectivity index (χ0v) is 19.1. The van der Waals surface area contributed by atoms with Gasteiger partial charge in [-0.25, -0.2) is 8.42 Å². The minimum atomic E-state index is -3.80. The van der Waals surface area contributed by atoms with Crippen LogP contribution in [0.1, 0.15) is 18.9 Å². The van der Waals surface area contributed by atoms with Crippen molar-refractivity contribution in [2.45, 2.75) is 25.9 Å². The van der Waals surface area contributed by atoms with Crippen molar-refractivity contribution in [1.82, 2.24) is 10.2 Å². The molecule has 0 spiro atoms. The molecule has 2 aromatic rings. The fourth-order valence-electron chi connectivity index (χ4n) is 3.30. The summed E-state index contributed by atoms with van der Waals surface area (Å²) < 4.78 is 31.4. The van der Waals surface area contributed by atoms with Gasteiger partial charge in [0.1, 0.15) is 18.3 Å². The van der Waals surface area contributed by atoms with Crippen LogP contribution in [0.4, 0.5) is 5.69 Å². The molecular weight excluding hydrogens is 418 g/mol. The maximum Gasteiger partial charge on any atom is 0.244 e. The minimum absolute atomic E-state index is 0.176. The highest BCUT2D eigenvalue weighted by Gasteiger charge is 2.32. The number of hydrogen-bond acceptors (Lipinski definition) is 5. The Kier molecular flexibility index (Phi) is 8.44. The highest BCUT2D eigenvalue weighted by atomic mass is 32.2. The Bertz CT molecular complexity index is 995. The standard InChI is InChI=1S/C22H29N3O5S/c1-5-18(22(27)23-2)24(15-17-11-7-6-8-12-17)21(26)16-25(31(4,28)29)19-13-9-10-14-20(19)30-3/h6-14,18H,5,15-16H2,1-4H3,(H,23,27)/t18-/m0/s1. The fourth-order valence-corrected chi connectivity index (χ4v) is 4.15. The smallest absolute Gasteiger partial charge is 0.244 e. The van der Waals surface area contributed by atoms with Crippen molar-refractivity contribution in [2.24, 2.45) is 0 Å². The second-order valence-electron chi connectivity index (χ2n) is 6.99. The summed E-state index contributed by atoms with van der Waals surface area (Å²) in [5.74, 6) is -0.473. The average Bonchev–Trinajstić information content (AvgIpc) is 2.76. The zero-order chi connectivity index (χ0) is 23.0. The van der Waals surface area contributed by atoms with E-state index in [1.54, 1.807) is 31.2 Å². The van der Waals surface area contributed by atoms with Crippen LogP contribution in [-0.2, 0) is 26.2 Å². The van der Waals surface area contributed by atoms with Gasteiger partial charge in [0, 0.05) is 13.6 Å². The Morgan fingerprint density at radius 1 is 1.06 bits per heavy atom. The number of carbonyl (C=O) groups excluding carboxylic acids is 2. The molecule has 2 aromatic carbocycles. The molecule has 0 heterocycles. The molecule has 31 heavy (non-hydrogen) atoms. The zero-order valence-electron chi connectivity index (χ0n) is 18.2. The highest BCUT2D eigenvalue weighted by molar-refractivity contribution is 7.92. The first-order chi connectivity index (χ1) is 14.7. The third kappa shape index (κ3) is 6.21. The normalized spacial score (nSPS) is 12.0. The van der Waals surface area contributed by atoms with Gasteiger partial charge in [-0.15, -0.1) is 0 Å². The summed E-state index contributed by atoms with van der Waals surface area (Å²) in [4.78, 5) is 27.3. The van der Waals surface area contributed by atoms with Crippen LogP contribution in [0.3, 0.4) is 0 Å². The van der Waals surface area contributed by atoms with Gasteiger partial charge in [0.25, 0.3) is 0 Å². The van der Waals surface area contributed by atoms with Gasteiger partial charge >= 0.3 is 0 Å². The van der Waals surface area contributed by atoms with E-state index in [1.165, 1.54) is 19.1 Å². The number of hydrogen-bond donors (Lipinski definition) is 1. The fraction of sp³-hybridized carbons (Fsp3) is 0.364. The molecule has 1 N–H and O–H groups in total. The number of para-hydroxylation sites is 2. The van der Waals surface area contributed by atoms with E-state index < -0.39 is 28.5 Å². The summed E-state index contributed by atoms with van der Waals surface area (Å²) in [6, 6.07) is 15.1. The molecule has 0 fully saturated rings. The predicted octanol–water partition coefficient (Wildman–Crippen LogP) is 2.01. The Labute approximate surface area is 183 Å². The van der Waals surface area contributed by atoms with Crippen LogP contribution >= 0.6 is 0 Å². The molecular formula is C22H29N3O5S. The van der Waals surface area contributed by atoms with Crippen LogP contribution in [0.15, 0.2) is 54.6 Å². The predicted molar refractivity (Wildman–Crippen MR) is 120 cm³/mol. The van der Waals surface area contributed by atoms with Gasteiger partial charge in [-0.05, 0) is 24.1 Å². The van der Waals surface area contributed by atoms with Crippen molar-refractivity contribution in [2.75, 3.05) is 31.3 Å². The maximum absolute atomic E-state index is 13.4. The van der Waals surface area contributed by atoms with E-state index in [-0.39, 0.29) is 18.1 Å². The lowest BCUT2D eigenvalue weighted by Crippen LogP contribution is -2.51. The molecule has 0 aliphatic carbocycles. The van der Waals surface area contributed by atoms with Gasteiger partial charge in [-0.2, -0.15) is 0 Å². The molecule has 2 amide bonds. The number of amides is 2. The highest BCUT2D eigenvalue weighted by Crippen LogP contribution is 2.29. The van der Waals surface area contributed by atoms with E-state index in [2.05, 4.69) is 5.32 Å². The summed E-state index contributed by atoms with van der Waals surface area (Å²) in [5, 5.41) is 2.59. The number of rotatable bonds is 10. The van der Waals surface area contributed by atoms with Crippen LogP contribution in [0.5, 0.6) is 5.75 Å². The summed E-state index contributed by atoms with van der Waals surface area (Å²) in [5.41, 5.74) is 1.09. The Morgan fingerprint density at radius 2 is 1.68 bits per heavy atom. The lowest BCUT2D eigenvalue weighted by Gasteiger charge is -2.32. The van der Waals surface area contributed by atoms with E-state index in [9.17, 15) is 18.0 Å². The number of ether oxygens (including phenoxy) is 1. The summed E-state index contributed by atoms with van der Waals surface area (Å²) in [7, 11) is -0.865. The monoisotopic (exact) mass is 447 g/mol. The molecule has 0 saturated heterocycles. The number of nitrogens with zero attached hydrogens (tertiary/aromatic N) is 2. The first kappa shape index (κ1) is 24.2. The van der Waals surface area contributed by atoms with E-state index in [0.717, 1.165) is 16.1 Å². The molecule has 168 valence electrons. The van der Waals surface area contributed by atoms with Gasteiger partial charge in [0.05, 0.1) is 19.1 Å². The molecule has 0 radical (unpaired) electrons. The quantitative estimate of drug-likeness (QED) is 0.601. The van der Waals surface area contributed by atoms with Gasteiger partial charge in [-0.1, -0.05) is 49.4 Å². The second kappa shape index (κ2) is 10.8. The van der Waals surface area contributed by atoms with Crippen molar-refractivity contribution >= 4 is 27.5 Å². The molecule has 0 saturated carbocycles. The Balaban J connectivity index is 2.44. The molecule has 0 aliphatic rings. The summed E-state index contributed by atoms with van der Waals surface area (Å²) >= 11 is 0. The van der Waals surface area contributed by atoms with Crippen LogP contribution in [0.25, 0.3) is 0 Å². The third-order valence-corrected chi connectivity index (χ3v) is 5.99. The summed E-state index contributed by atoms with van der Waals surface area (Å²) in [6.45, 7) is 1.52. The lowest BCUT2D eigenvalue weighted by molar-refractivity contribution is -0.140. The number of carbonyl (C=O) groups is 2. The minimum Gasteiger partial charge on any atom is -0.495 e. The van der Waals surface area contributed by atoms with Gasteiger partial charge < -0.3 is 15.0 Å². The first-order valence-electron chi connectivity index (χ1n) is 9.88.